The third-order valence-electron chi connectivity index (χ3n) is 5.30. The van der Waals surface area contributed by atoms with Crippen LogP contribution in [0.2, 0.25) is 0 Å². The van der Waals surface area contributed by atoms with Crippen molar-refractivity contribution >= 4 is 11.8 Å². The van der Waals surface area contributed by atoms with E-state index < -0.39 is 0 Å². The Labute approximate surface area is 136 Å². The Balaban J connectivity index is 1.52. The summed E-state index contributed by atoms with van der Waals surface area (Å²) in [6.07, 6.45) is 3.58. The zero-order chi connectivity index (χ0) is 15.8. The number of aromatic nitrogens is 2. The lowest BCUT2D eigenvalue weighted by atomic mass is 10.1. The van der Waals surface area contributed by atoms with Crippen molar-refractivity contribution in [3.05, 3.63) is 12.0 Å². The molecule has 23 heavy (non-hydrogen) atoms. The normalized spacial score (nSPS) is 26.6. The van der Waals surface area contributed by atoms with Crippen molar-refractivity contribution in [2.45, 2.75) is 18.9 Å². The standard InChI is InChI=1S/C16H25FN6/c1-20-6-7-21-8-9-23(12-13(21)11-20)16-18-10-14(17)15(19-16)22-4-2-3-5-22/h10,13H,2-9,11-12H2,1H3. The summed E-state index contributed by atoms with van der Waals surface area (Å²) < 4.78 is 14.1. The minimum atomic E-state index is -0.299. The molecular formula is C16H25FN6. The Morgan fingerprint density at radius 2 is 1.78 bits per heavy atom. The van der Waals surface area contributed by atoms with E-state index in [0.717, 1.165) is 65.2 Å². The monoisotopic (exact) mass is 320 g/mol. The number of hydrogen-bond acceptors (Lipinski definition) is 6. The van der Waals surface area contributed by atoms with Gasteiger partial charge in [0.1, 0.15) is 0 Å². The van der Waals surface area contributed by atoms with E-state index in [2.05, 4.69) is 31.7 Å². The number of piperazine rings is 2. The van der Waals surface area contributed by atoms with Crippen molar-refractivity contribution in [1.82, 2.24) is 19.8 Å². The lowest BCUT2D eigenvalue weighted by Gasteiger charge is -2.46. The van der Waals surface area contributed by atoms with E-state index in [9.17, 15) is 4.39 Å². The smallest absolute Gasteiger partial charge is 0.227 e. The number of rotatable bonds is 2. The van der Waals surface area contributed by atoms with Gasteiger partial charge in [-0.3, -0.25) is 4.90 Å². The van der Waals surface area contributed by atoms with Crippen LogP contribution in [0.5, 0.6) is 0 Å². The quantitative estimate of drug-likeness (QED) is 0.797. The van der Waals surface area contributed by atoms with Crippen molar-refractivity contribution in [1.29, 1.82) is 0 Å². The minimum Gasteiger partial charge on any atom is -0.354 e. The fourth-order valence-electron chi connectivity index (χ4n) is 3.94. The van der Waals surface area contributed by atoms with E-state index >= 15 is 0 Å². The summed E-state index contributed by atoms with van der Waals surface area (Å²) >= 11 is 0. The highest BCUT2D eigenvalue weighted by Gasteiger charge is 2.32. The second kappa shape index (κ2) is 6.20. The molecule has 1 unspecified atom stereocenters. The molecule has 1 aromatic rings. The van der Waals surface area contributed by atoms with Gasteiger partial charge in [-0.2, -0.15) is 4.98 Å². The molecule has 0 radical (unpaired) electrons. The highest BCUT2D eigenvalue weighted by Crippen LogP contribution is 2.24. The average Bonchev–Trinajstić information content (AvgIpc) is 3.09. The van der Waals surface area contributed by atoms with Crippen molar-refractivity contribution < 1.29 is 4.39 Å². The first-order valence-electron chi connectivity index (χ1n) is 8.66. The van der Waals surface area contributed by atoms with Crippen molar-refractivity contribution in [2.75, 3.05) is 69.2 Å². The number of likely N-dealkylation sites (N-methyl/N-ethyl adjacent to an activating group) is 1. The topological polar surface area (TPSA) is 38.7 Å². The van der Waals surface area contributed by atoms with E-state index in [1.165, 1.54) is 6.20 Å². The maximum atomic E-state index is 14.1. The Morgan fingerprint density at radius 3 is 2.61 bits per heavy atom. The van der Waals surface area contributed by atoms with Gasteiger partial charge in [-0.05, 0) is 19.9 Å². The molecule has 1 atom stereocenters. The Bertz CT molecular complexity index is 562. The van der Waals surface area contributed by atoms with Gasteiger partial charge in [0.15, 0.2) is 11.6 Å². The van der Waals surface area contributed by atoms with Gasteiger partial charge in [0.05, 0.1) is 6.20 Å². The molecule has 3 fully saturated rings. The predicted molar refractivity (Wildman–Crippen MR) is 88.5 cm³/mol. The van der Waals surface area contributed by atoms with Crippen molar-refractivity contribution in [2.24, 2.45) is 0 Å². The lowest BCUT2D eigenvalue weighted by Crippen LogP contribution is -2.61. The van der Waals surface area contributed by atoms with Crippen LogP contribution in [0.1, 0.15) is 12.8 Å². The molecule has 7 heteroatoms. The fourth-order valence-corrected chi connectivity index (χ4v) is 3.94. The van der Waals surface area contributed by atoms with Gasteiger partial charge in [-0.15, -0.1) is 0 Å². The molecule has 0 aliphatic carbocycles. The molecule has 126 valence electrons. The molecule has 0 N–H and O–H groups in total. The van der Waals surface area contributed by atoms with Crippen LogP contribution in [0, 0.1) is 5.82 Å². The second-order valence-corrected chi connectivity index (χ2v) is 6.93. The first-order valence-corrected chi connectivity index (χ1v) is 8.66. The summed E-state index contributed by atoms with van der Waals surface area (Å²) in [5, 5.41) is 0. The largest absolute Gasteiger partial charge is 0.354 e. The van der Waals surface area contributed by atoms with Crippen LogP contribution < -0.4 is 9.80 Å². The Morgan fingerprint density at radius 1 is 1.00 bits per heavy atom. The fraction of sp³-hybridized carbons (Fsp3) is 0.750. The molecule has 1 aromatic heterocycles. The molecule has 0 amide bonds. The molecule has 3 aliphatic rings. The maximum Gasteiger partial charge on any atom is 0.227 e. The van der Waals surface area contributed by atoms with Gasteiger partial charge >= 0.3 is 0 Å². The molecule has 0 spiro atoms. The van der Waals surface area contributed by atoms with E-state index in [4.69, 9.17) is 0 Å². The van der Waals surface area contributed by atoms with Gasteiger partial charge in [-0.25, -0.2) is 9.37 Å². The Kier molecular flexibility index (Phi) is 4.07. The van der Waals surface area contributed by atoms with Crippen LogP contribution in [0.15, 0.2) is 6.20 Å². The molecule has 3 saturated heterocycles. The summed E-state index contributed by atoms with van der Waals surface area (Å²) in [6.45, 7) is 8.04. The summed E-state index contributed by atoms with van der Waals surface area (Å²) in [5.41, 5.74) is 0. The molecular weight excluding hydrogens is 295 g/mol. The predicted octanol–water partition coefficient (Wildman–Crippen LogP) is 0.652. The van der Waals surface area contributed by atoms with Gasteiger partial charge in [-0.1, -0.05) is 0 Å². The first kappa shape index (κ1) is 15.1. The summed E-state index contributed by atoms with van der Waals surface area (Å²) in [7, 11) is 2.18. The zero-order valence-electron chi connectivity index (χ0n) is 13.8. The van der Waals surface area contributed by atoms with Crippen LogP contribution in [0.3, 0.4) is 0 Å². The summed E-state index contributed by atoms with van der Waals surface area (Å²) in [4.78, 5) is 18.0. The van der Waals surface area contributed by atoms with E-state index in [0.29, 0.717) is 17.8 Å². The van der Waals surface area contributed by atoms with Crippen LogP contribution in [0.25, 0.3) is 0 Å². The number of halogens is 1. The molecule has 0 saturated carbocycles. The van der Waals surface area contributed by atoms with Gasteiger partial charge in [0.25, 0.3) is 0 Å². The average molecular weight is 320 g/mol. The first-order chi connectivity index (χ1) is 11.2. The third kappa shape index (κ3) is 2.99. The van der Waals surface area contributed by atoms with Crippen LogP contribution in [-0.2, 0) is 0 Å². The van der Waals surface area contributed by atoms with Crippen molar-refractivity contribution in [3.8, 4) is 0 Å². The number of hydrogen-bond donors (Lipinski definition) is 0. The molecule has 4 heterocycles. The third-order valence-corrected chi connectivity index (χ3v) is 5.30. The highest BCUT2D eigenvalue weighted by molar-refractivity contribution is 5.46. The molecule has 0 bridgehead atoms. The maximum absolute atomic E-state index is 14.1. The second-order valence-electron chi connectivity index (χ2n) is 6.93. The molecule has 0 aromatic carbocycles. The number of fused-ring (bicyclic) bond motifs is 1. The molecule has 6 nitrogen and oxygen atoms in total. The van der Waals surface area contributed by atoms with E-state index in [1.807, 2.05) is 4.90 Å². The van der Waals surface area contributed by atoms with E-state index in [1.54, 1.807) is 0 Å². The highest BCUT2D eigenvalue weighted by atomic mass is 19.1. The SMILES string of the molecule is CN1CCN2CCN(c3ncc(F)c(N4CCCC4)n3)CC2C1. The van der Waals surface area contributed by atoms with Gasteiger partial charge in [0, 0.05) is 58.4 Å². The van der Waals surface area contributed by atoms with Gasteiger partial charge < -0.3 is 14.7 Å². The lowest BCUT2D eigenvalue weighted by molar-refractivity contribution is 0.0802. The summed E-state index contributed by atoms with van der Waals surface area (Å²) in [5.74, 6) is 0.864. The Hall–Kier alpha value is -1.47. The van der Waals surface area contributed by atoms with Crippen LogP contribution in [-0.4, -0.2) is 85.2 Å². The summed E-state index contributed by atoms with van der Waals surface area (Å²) in [6, 6.07) is 0.520. The van der Waals surface area contributed by atoms with E-state index in [-0.39, 0.29) is 5.82 Å². The van der Waals surface area contributed by atoms with Crippen LogP contribution >= 0.6 is 0 Å². The molecule has 3 aliphatic heterocycles. The zero-order valence-corrected chi connectivity index (χ0v) is 13.8. The van der Waals surface area contributed by atoms with Crippen molar-refractivity contribution in [3.63, 3.8) is 0 Å². The number of nitrogens with zero attached hydrogens (tertiary/aromatic N) is 6. The van der Waals surface area contributed by atoms with Crippen LogP contribution in [0.4, 0.5) is 16.2 Å². The minimum absolute atomic E-state index is 0.299. The van der Waals surface area contributed by atoms with Gasteiger partial charge in [0.2, 0.25) is 5.95 Å². The number of anilines is 2. The molecule has 4 rings (SSSR count).